The van der Waals surface area contributed by atoms with Gasteiger partial charge in [-0.25, -0.2) is 4.79 Å². The molecule has 10 N–H and O–H groups in total. The molecule has 1 rings (SSSR count). The number of nitrogens with one attached hydrogen (secondary N) is 7. The van der Waals surface area contributed by atoms with Crippen LogP contribution in [0.5, 0.6) is 0 Å². The fraction of sp³-hybridized carbons (Fsp3) is 0.541. The number of benzene rings is 1. The van der Waals surface area contributed by atoms with Crippen molar-refractivity contribution < 1.29 is 48.3 Å². The maximum Gasteiger partial charge on any atom is 0.326 e. The number of carbonyl (C=O) groups is 9. The monoisotopic (exact) mass is 772 g/mol. The van der Waals surface area contributed by atoms with Gasteiger partial charge in [-0.3, -0.25) is 38.4 Å². The maximum atomic E-state index is 13.4. The summed E-state index contributed by atoms with van der Waals surface area (Å²) in [5.74, 6) is -8.27. The Labute approximate surface area is 320 Å². The summed E-state index contributed by atoms with van der Waals surface area (Å²) in [5.41, 5.74) is 6.11. The van der Waals surface area contributed by atoms with Crippen molar-refractivity contribution in [1.82, 2.24) is 37.2 Å². The Hall–Kier alpha value is -5.81. The number of amides is 8. The fourth-order valence-electron chi connectivity index (χ4n) is 4.99. The fourth-order valence-corrected chi connectivity index (χ4v) is 4.99. The third-order valence-electron chi connectivity index (χ3n) is 8.54. The molecule has 8 amide bonds. The summed E-state index contributed by atoms with van der Waals surface area (Å²) in [6.07, 6.45) is 2.15. The molecule has 0 saturated carbocycles. The van der Waals surface area contributed by atoms with E-state index in [9.17, 15) is 48.3 Å². The molecule has 0 unspecified atom stereocenters. The molecule has 0 radical (unpaired) electrons. The highest BCUT2D eigenvalue weighted by molar-refractivity contribution is 6.00. The van der Waals surface area contributed by atoms with Gasteiger partial charge in [0.1, 0.15) is 36.3 Å². The van der Waals surface area contributed by atoms with Gasteiger partial charge in [-0.15, -0.1) is 0 Å². The summed E-state index contributed by atoms with van der Waals surface area (Å²) in [6.45, 7) is 12.5. The van der Waals surface area contributed by atoms with Crippen molar-refractivity contribution in [2.45, 2.75) is 104 Å². The molecule has 1 aromatic rings. The number of nitrogens with two attached hydrogens (primary N) is 1. The molecule has 1 aromatic carbocycles. The quantitative estimate of drug-likeness (QED) is 0.0634. The van der Waals surface area contributed by atoms with Crippen molar-refractivity contribution in [2.24, 2.45) is 23.5 Å². The van der Waals surface area contributed by atoms with Gasteiger partial charge in [0.25, 0.3) is 0 Å². The van der Waals surface area contributed by atoms with Gasteiger partial charge in [-0.2, -0.15) is 0 Å². The molecule has 0 bridgehead atoms. The van der Waals surface area contributed by atoms with Crippen LogP contribution in [0.3, 0.4) is 0 Å². The zero-order valence-electron chi connectivity index (χ0n) is 32.6. The molecule has 304 valence electrons. The maximum absolute atomic E-state index is 13.4. The average molecular weight is 773 g/mol. The van der Waals surface area contributed by atoms with Crippen LogP contribution in [0.15, 0.2) is 42.5 Å². The van der Waals surface area contributed by atoms with Crippen molar-refractivity contribution >= 4 is 53.2 Å². The second-order valence-electron chi connectivity index (χ2n) is 13.9. The second-order valence-corrected chi connectivity index (χ2v) is 13.9. The second kappa shape index (κ2) is 23.1. The minimum atomic E-state index is -1.25. The molecular formula is C37H56N8O10. The molecule has 0 aliphatic heterocycles. The molecule has 55 heavy (non-hydrogen) atoms. The first-order chi connectivity index (χ1) is 25.7. The van der Waals surface area contributed by atoms with Crippen LogP contribution in [0.1, 0.15) is 67.4 Å². The molecule has 18 heteroatoms. The van der Waals surface area contributed by atoms with Crippen LogP contribution in [0, 0.1) is 17.8 Å². The number of carbonyl (C=O) groups excluding carboxylic acids is 8. The zero-order valence-corrected chi connectivity index (χ0v) is 32.6. The highest BCUT2D eigenvalue weighted by Crippen LogP contribution is 2.12. The lowest BCUT2D eigenvalue weighted by Crippen LogP contribution is -2.60. The first-order valence-corrected chi connectivity index (χ1v) is 18.0. The molecule has 0 saturated heterocycles. The minimum Gasteiger partial charge on any atom is -0.480 e. The van der Waals surface area contributed by atoms with Gasteiger partial charge in [0.15, 0.2) is 0 Å². The summed E-state index contributed by atoms with van der Waals surface area (Å²) < 4.78 is 0. The average Bonchev–Trinajstić information content (AvgIpc) is 3.11. The number of hydrogen-bond donors (Lipinski definition) is 9. The predicted octanol–water partition coefficient (Wildman–Crippen LogP) is -1.22. The standard InChI is InChI=1S/C37H56N8O10/c1-9-21(6)31(36(53)44-30(20(4)5)35(52)43-29(19(2)3)32(38)49)45-34(51)23(8)41-27(47)16-15-26(46)40-22(7)33(50)39-18-28(48)42-25(37(54)55)17-24-13-11-10-12-14-24/h10-16,19-23,25,29-31H,9,17-18H2,1-8H3,(H2,38,49)(H,39,50)(H,40,46)(H,41,47)(H,42,48)(H,43,52)(H,44,53)(H,45,51)(H,54,55)/b16-15+/t21-,22-,23-,25-,29-,30-,31-/m0/s1. The smallest absolute Gasteiger partial charge is 0.326 e. The van der Waals surface area contributed by atoms with Gasteiger partial charge in [0, 0.05) is 18.6 Å². The SMILES string of the molecule is CC[C@H](C)[C@H](NC(=O)[C@H](C)NC(=O)/C=C/C(=O)N[C@@H](C)C(=O)NCC(=O)N[C@@H](Cc1ccccc1)C(=O)O)C(=O)N[C@H](C(=O)N[C@H](C(N)=O)C(C)C)C(C)C. The Morgan fingerprint density at radius 2 is 1.11 bits per heavy atom. The van der Waals surface area contributed by atoms with E-state index in [1.807, 2.05) is 0 Å². The minimum absolute atomic E-state index is 0.0301. The zero-order chi connectivity index (χ0) is 42.0. The van der Waals surface area contributed by atoms with Crippen molar-refractivity contribution in [3.8, 4) is 0 Å². The van der Waals surface area contributed by atoms with Crippen LogP contribution in [0.4, 0.5) is 0 Å². The van der Waals surface area contributed by atoms with Crippen LogP contribution in [0.2, 0.25) is 0 Å². The van der Waals surface area contributed by atoms with E-state index in [1.165, 1.54) is 13.8 Å². The highest BCUT2D eigenvalue weighted by atomic mass is 16.4. The molecule has 0 heterocycles. The molecule has 0 fully saturated rings. The normalized spacial score (nSPS) is 14.9. The molecule has 0 aliphatic rings. The van der Waals surface area contributed by atoms with E-state index >= 15 is 0 Å². The van der Waals surface area contributed by atoms with Gasteiger partial charge >= 0.3 is 5.97 Å². The third kappa shape index (κ3) is 16.8. The Balaban J connectivity index is 2.72. The molecule has 0 spiro atoms. The van der Waals surface area contributed by atoms with Crippen LogP contribution in [0.25, 0.3) is 0 Å². The summed E-state index contributed by atoms with van der Waals surface area (Å²) in [4.78, 5) is 113. The van der Waals surface area contributed by atoms with E-state index in [4.69, 9.17) is 5.73 Å². The van der Waals surface area contributed by atoms with E-state index in [0.29, 0.717) is 12.0 Å². The molecule has 0 aromatic heterocycles. The summed E-state index contributed by atoms with van der Waals surface area (Å²) in [5, 5.41) is 26.6. The van der Waals surface area contributed by atoms with Crippen molar-refractivity contribution in [2.75, 3.05) is 6.54 Å². The predicted molar refractivity (Wildman–Crippen MR) is 201 cm³/mol. The van der Waals surface area contributed by atoms with Gasteiger partial charge in [-0.1, -0.05) is 78.3 Å². The largest absolute Gasteiger partial charge is 0.480 e. The number of carboxylic acid groups (broad SMARTS) is 1. The van der Waals surface area contributed by atoms with E-state index in [0.717, 1.165) is 12.2 Å². The number of aliphatic carboxylic acids is 1. The van der Waals surface area contributed by atoms with Crippen LogP contribution >= 0.6 is 0 Å². The van der Waals surface area contributed by atoms with E-state index in [-0.39, 0.29) is 12.3 Å². The first kappa shape index (κ1) is 47.2. The lowest BCUT2D eigenvalue weighted by Gasteiger charge is -2.30. The summed E-state index contributed by atoms with van der Waals surface area (Å²) >= 11 is 0. The molecule has 18 nitrogen and oxygen atoms in total. The summed E-state index contributed by atoms with van der Waals surface area (Å²) in [6, 6.07) is 1.99. The Morgan fingerprint density at radius 1 is 0.636 bits per heavy atom. The van der Waals surface area contributed by atoms with Crippen LogP contribution in [-0.4, -0.2) is 101 Å². The molecule has 0 aliphatic carbocycles. The van der Waals surface area contributed by atoms with E-state index < -0.39 is 108 Å². The van der Waals surface area contributed by atoms with E-state index in [2.05, 4.69) is 37.2 Å². The Morgan fingerprint density at radius 3 is 1.58 bits per heavy atom. The van der Waals surface area contributed by atoms with Crippen molar-refractivity contribution in [3.63, 3.8) is 0 Å². The summed E-state index contributed by atoms with van der Waals surface area (Å²) in [7, 11) is 0. The molecular weight excluding hydrogens is 716 g/mol. The first-order valence-electron chi connectivity index (χ1n) is 18.0. The number of rotatable bonds is 22. The number of hydrogen-bond acceptors (Lipinski definition) is 9. The van der Waals surface area contributed by atoms with Crippen molar-refractivity contribution in [1.29, 1.82) is 0 Å². The van der Waals surface area contributed by atoms with Crippen molar-refractivity contribution in [3.05, 3.63) is 48.0 Å². The Kier molecular flexibility index (Phi) is 19.8. The highest BCUT2D eigenvalue weighted by Gasteiger charge is 2.34. The number of primary amides is 1. The third-order valence-corrected chi connectivity index (χ3v) is 8.54. The molecule has 7 atom stereocenters. The lowest BCUT2D eigenvalue weighted by atomic mass is 9.95. The number of carboxylic acids is 1. The van der Waals surface area contributed by atoms with Gasteiger partial charge < -0.3 is 48.1 Å². The lowest BCUT2D eigenvalue weighted by molar-refractivity contribution is -0.141. The van der Waals surface area contributed by atoms with E-state index in [1.54, 1.807) is 71.9 Å². The Bertz CT molecular complexity index is 1570. The van der Waals surface area contributed by atoms with Gasteiger partial charge in [0.2, 0.25) is 47.3 Å². The van der Waals surface area contributed by atoms with Gasteiger partial charge in [-0.05, 0) is 37.2 Å². The van der Waals surface area contributed by atoms with Crippen LogP contribution < -0.4 is 43.0 Å². The topological polar surface area (TPSA) is 284 Å². The van der Waals surface area contributed by atoms with Crippen LogP contribution in [-0.2, 0) is 49.6 Å². The van der Waals surface area contributed by atoms with Gasteiger partial charge in [0.05, 0.1) is 6.54 Å².